The summed E-state index contributed by atoms with van der Waals surface area (Å²) >= 11 is 0. The number of benzene rings is 1. The van der Waals surface area contributed by atoms with E-state index in [1.54, 1.807) is 6.07 Å². The molecule has 1 aliphatic rings. The lowest BCUT2D eigenvalue weighted by Crippen LogP contribution is -1.93. The van der Waals surface area contributed by atoms with Gasteiger partial charge in [0.15, 0.2) is 0 Å². The Balaban J connectivity index is 2.32. The second-order valence-electron chi connectivity index (χ2n) is 3.48. The van der Waals surface area contributed by atoms with E-state index in [1.807, 2.05) is 6.07 Å². The zero-order valence-corrected chi connectivity index (χ0v) is 7.29. The molecule has 0 bridgehead atoms. The summed E-state index contributed by atoms with van der Waals surface area (Å²) in [6.07, 6.45) is 3.41. The molecule has 0 N–H and O–H groups in total. The third-order valence-corrected chi connectivity index (χ3v) is 2.69. The Bertz CT molecular complexity index is 333. The highest BCUT2D eigenvalue weighted by atomic mass is 19.1. The van der Waals surface area contributed by atoms with Crippen molar-refractivity contribution in [3.63, 3.8) is 0 Å². The first-order chi connectivity index (χ1) is 6.31. The van der Waals surface area contributed by atoms with E-state index in [1.165, 1.54) is 6.07 Å². The van der Waals surface area contributed by atoms with Crippen molar-refractivity contribution in [1.29, 1.82) is 0 Å². The van der Waals surface area contributed by atoms with Gasteiger partial charge in [0.1, 0.15) is 12.1 Å². The molecule has 13 heavy (non-hydrogen) atoms. The topological polar surface area (TPSA) is 17.1 Å². The Kier molecular flexibility index (Phi) is 2.13. The molecule has 0 fully saturated rings. The first kappa shape index (κ1) is 8.42. The summed E-state index contributed by atoms with van der Waals surface area (Å²) < 4.78 is 12.8. The Hall–Kier alpha value is -1.18. The van der Waals surface area contributed by atoms with Crippen LogP contribution in [0.25, 0.3) is 0 Å². The summed E-state index contributed by atoms with van der Waals surface area (Å²) in [4.78, 5) is 10.4. The molecule has 0 aliphatic heterocycles. The predicted octanol–water partition coefficient (Wildman–Crippen LogP) is 2.44. The summed E-state index contributed by atoms with van der Waals surface area (Å²) in [5.41, 5.74) is 2.24. The van der Waals surface area contributed by atoms with Gasteiger partial charge in [0, 0.05) is 6.42 Å². The zero-order chi connectivity index (χ0) is 9.26. The molecule has 0 saturated heterocycles. The lowest BCUT2D eigenvalue weighted by molar-refractivity contribution is -0.108. The fraction of sp³-hybridized carbons (Fsp3) is 0.364. The van der Waals surface area contributed by atoms with Crippen LogP contribution in [0.1, 0.15) is 29.9 Å². The minimum Gasteiger partial charge on any atom is -0.303 e. The van der Waals surface area contributed by atoms with E-state index in [4.69, 9.17) is 0 Å². The van der Waals surface area contributed by atoms with E-state index < -0.39 is 0 Å². The van der Waals surface area contributed by atoms with Crippen molar-refractivity contribution >= 4 is 6.29 Å². The number of fused-ring (bicyclic) bond motifs is 1. The number of aldehydes is 1. The molecular formula is C11H11FO. The molecule has 1 atom stereocenters. The molecule has 0 unspecified atom stereocenters. The summed E-state index contributed by atoms with van der Waals surface area (Å²) in [6.45, 7) is 0. The highest BCUT2D eigenvalue weighted by Crippen LogP contribution is 2.34. The van der Waals surface area contributed by atoms with Gasteiger partial charge >= 0.3 is 0 Å². The summed E-state index contributed by atoms with van der Waals surface area (Å²) in [7, 11) is 0. The van der Waals surface area contributed by atoms with Crippen molar-refractivity contribution in [3.05, 3.63) is 35.1 Å². The molecule has 1 nitrogen and oxygen atoms in total. The molecule has 0 amide bonds. The van der Waals surface area contributed by atoms with Crippen LogP contribution in [0.2, 0.25) is 0 Å². The molecule has 1 aliphatic carbocycles. The highest BCUT2D eigenvalue weighted by Gasteiger charge is 2.21. The van der Waals surface area contributed by atoms with Crippen LogP contribution in [-0.2, 0) is 11.2 Å². The third kappa shape index (κ3) is 1.48. The number of halogens is 1. The molecule has 2 rings (SSSR count). The van der Waals surface area contributed by atoms with Gasteiger partial charge in [0.2, 0.25) is 0 Å². The van der Waals surface area contributed by atoms with Crippen LogP contribution in [0.3, 0.4) is 0 Å². The van der Waals surface area contributed by atoms with Gasteiger partial charge in [-0.3, -0.25) is 0 Å². The van der Waals surface area contributed by atoms with E-state index in [2.05, 4.69) is 0 Å². The molecule has 1 aromatic rings. The van der Waals surface area contributed by atoms with E-state index in [0.717, 1.165) is 30.3 Å². The Morgan fingerprint density at radius 1 is 1.54 bits per heavy atom. The highest BCUT2D eigenvalue weighted by molar-refractivity contribution is 5.53. The Morgan fingerprint density at radius 2 is 2.38 bits per heavy atom. The standard InChI is InChI=1S/C11H11FO/c12-10-3-4-11-8(5-6-13)1-2-9(11)7-10/h3-4,6-8H,1-2,5H2/t8-/m0/s1. The average molecular weight is 178 g/mol. The first-order valence-electron chi connectivity index (χ1n) is 4.53. The Labute approximate surface area is 76.6 Å². The van der Waals surface area contributed by atoms with Crippen LogP contribution < -0.4 is 0 Å². The van der Waals surface area contributed by atoms with Gasteiger partial charge in [-0.2, -0.15) is 0 Å². The van der Waals surface area contributed by atoms with Crippen molar-refractivity contribution < 1.29 is 9.18 Å². The SMILES string of the molecule is O=CC[C@@H]1CCc2cc(F)ccc21. The number of hydrogen-bond donors (Lipinski definition) is 0. The maximum absolute atomic E-state index is 12.8. The predicted molar refractivity (Wildman–Crippen MR) is 48.1 cm³/mol. The van der Waals surface area contributed by atoms with Gasteiger partial charge in [-0.25, -0.2) is 4.39 Å². The minimum atomic E-state index is -0.175. The van der Waals surface area contributed by atoms with Crippen molar-refractivity contribution in [1.82, 2.24) is 0 Å². The lowest BCUT2D eigenvalue weighted by atomic mass is 9.99. The smallest absolute Gasteiger partial charge is 0.123 e. The van der Waals surface area contributed by atoms with Crippen LogP contribution in [-0.4, -0.2) is 6.29 Å². The van der Waals surface area contributed by atoms with Crippen LogP contribution in [0, 0.1) is 5.82 Å². The summed E-state index contributed by atoms with van der Waals surface area (Å²) in [5, 5.41) is 0. The van der Waals surface area contributed by atoms with Crippen LogP contribution in [0.4, 0.5) is 4.39 Å². The molecule has 1 aromatic carbocycles. The van der Waals surface area contributed by atoms with Crippen LogP contribution in [0.5, 0.6) is 0 Å². The molecule has 0 spiro atoms. The fourth-order valence-electron chi connectivity index (χ4n) is 2.04. The number of rotatable bonds is 2. The molecule has 68 valence electrons. The quantitative estimate of drug-likeness (QED) is 0.636. The molecule has 0 radical (unpaired) electrons. The van der Waals surface area contributed by atoms with Gasteiger partial charge in [0.05, 0.1) is 0 Å². The molecular weight excluding hydrogens is 167 g/mol. The van der Waals surface area contributed by atoms with Crippen molar-refractivity contribution in [3.8, 4) is 0 Å². The lowest BCUT2D eigenvalue weighted by Gasteiger charge is -2.06. The second kappa shape index (κ2) is 3.29. The normalized spacial score (nSPS) is 19.9. The number of carbonyl (C=O) groups is 1. The number of hydrogen-bond acceptors (Lipinski definition) is 1. The van der Waals surface area contributed by atoms with E-state index in [0.29, 0.717) is 12.3 Å². The maximum Gasteiger partial charge on any atom is 0.123 e. The monoisotopic (exact) mass is 178 g/mol. The van der Waals surface area contributed by atoms with E-state index in [-0.39, 0.29) is 5.82 Å². The van der Waals surface area contributed by atoms with Crippen molar-refractivity contribution in [2.45, 2.75) is 25.2 Å². The van der Waals surface area contributed by atoms with Crippen molar-refractivity contribution in [2.24, 2.45) is 0 Å². The first-order valence-corrected chi connectivity index (χ1v) is 4.53. The minimum absolute atomic E-state index is 0.175. The van der Waals surface area contributed by atoms with Gasteiger partial charge in [0.25, 0.3) is 0 Å². The van der Waals surface area contributed by atoms with Gasteiger partial charge < -0.3 is 4.79 Å². The Morgan fingerprint density at radius 3 is 3.15 bits per heavy atom. The van der Waals surface area contributed by atoms with Crippen molar-refractivity contribution in [2.75, 3.05) is 0 Å². The molecule has 0 aromatic heterocycles. The largest absolute Gasteiger partial charge is 0.303 e. The molecule has 0 heterocycles. The van der Waals surface area contributed by atoms with Crippen LogP contribution >= 0.6 is 0 Å². The van der Waals surface area contributed by atoms with E-state index >= 15 is 0 Å². The van der Waals surface area contributed by atoms with E-state index in [9.17, 15) is 9.18 Å². The number of aryl methyl sites for hydroxylation is 1. The molecule has 0 saturated carbocycles. The zero-order valence-electron chi connectivity index (χ0n) is 7.29. The maximum atomic E-state index is 12.8. The third-order valence-electron chi connectivity index (χ3n) is 2.69. The summed E-state index contributed by atoms with van der Waals surface area (Å²) in [6, 6.07) is 4.87. The average Bonchev–Trinajstić information content (AvgIpc) is 2.49. The van der Waals surface area contributed by atoms with Gasteiger partial charge in [-0.15, -0.1) is 0 Å². The number of carbonyl (C=O) groups excluding carboxylic acids is 1. The van der Waals surface area contributed by atoms with Crippen LogP contribution in [0.15, 0.2) is 18.2 Å². The second-order valence-corrected chi connectivity index (χ2v) is 3.48. The fourth-order valence-corrected chi connectivity index (χ4v) is 2.04. The van der Waals surface area contributed by atoms with Gasteiger partial charge in [-0.05, 0) is 42.0 Å². The van der Waals surface area contributed by atoms with Gasteiger partial charge in [-0.1, -0.05) is 6.07 Å². The summed E-state index contributed by atoms with van der Waals surface area (Å²) in [5.74, 6) is 0.151. The molecule has 2 heteroatoms.